The molecule has 0 amide bonds. The van der Waals surface area contributed by atoms with Gasteiger partial charge in [0.25, 0.3) is 0 Å². The molecule has 2 aromatic rings. The van der Waals surface area contributed by atoms with Gasteiger partial charge in [0.2, 0.25) is 0 Å². The number of methoxy groups -OCH3 is 2. The van der Waals surface area contributed by atoms with Crippen LogP contribution in [0, 0.1) is 0 Å². The van der Waals surface area contributed by atoms with Gasteiger partial charge in [0.1, 0.15) is 11.6 Å². The van der Waals surface area contributed by atoms with E-state index in [2.05, 4.69) is 25.9 Å². The number of nitrogen functional groups attached to an aromatic ring is 1. The Bertz CT molecular complexity index is 573. The van der Waals surface area contributed by atoms with E-state index in [-0.39, 0.29) is 0 Å². The smallest absolute Gasteiger partial charge is 0.161 e. The van der Waals surface area contributed by atoms with Gasteiger partial charge in [-0.3, -0.25) is 0 Å². The van der Waals surface area contributed by atoms with Gasteiger partial charge in [-0.05, 0) is 40.2 Å². The molecule has 100 valence electrons. The van der Waals surface area contributed by atoms with Crippen molar-refractivity contribution in [1.82, 2.24) is 9.97 Å². The molecule has 1 aromatic heterocycles. The molecular formula is C13H14BrN3O2. The van der Waals surface area contributed by atoms with Crippen LogP contribution in [-0.4, -0.2) is 24.2 Å². The maximum atomic E-state index is 5.87. The fraction of sp³-hybridized carbons (Fsp3) is 0.231. The van der Waals surface area contributed by atoms with Crippen LogP contribution >= 0.6 is 15.9 Å². The highest BCUT2D eigenvalue weighted by Gasteiger charge is 2.11. The van der Waals surface area contributed by atoms with Gasteiger partial charge in [0.05, 0.1) is 23.9 Å². The molecule has 0 saturated heterocycles. The zero-order valence-corrected chi connectivity index (χ0v) is 12.3. The molecule has 0 fully saturated rings. The van der Waals surface area contributed by atoms with E-state index in [1.54, 1.807) is 14.2 Å². The summed E-state index contributed by atoms with van der Waals surface area (Å²) in [5.41, 5.74) is 7.46. The van der Waals surface area contributed by atoms with Crippen molar-refractivity contribution < 1.29 is 9.47 Å². The van der Waals surface area contributed by atoms with Crippen LogP contribution in [-0.2, 0) is 11.3 Å². The van der Waals surface area contributed by atoms with Crippen LogP contribution in [0.15, 0.2) is 28.7 Å². The number of nitrogens with zero attached hydrogens (tertiary/aromatic N) is 2. The lowest BCUT2D eigenvalue weighted by Gasteiger charge is -2.08. The second kappa shape index (κ2) is 5.99. The van der Waals surface area contributed by atoms with E-state index in [9.17, 15) is 0 Å². The van der Waals surface area contributed by atoms with Crippen molar-refractivity contribution >= 4 is 21.7 Å². The number of halogens is 1. The molecule has 1 heterocycles. The van der Waals surface area contributed by atoms with Crippen LogP contribution in [0.2, 0.25) is 0 Å². The normalized spacial score (nSPS) is 10.5. The molecule has 0 unspecified atom stereocenters. The van der Waals surface area contributed by atoms with Crippen molar-refractivity contribution in [2.45, 2.75) is 6.61 Å². The monoisotopic (exact) mass is 323 g/mol. The maximum Gasteiger partial charge on any atom is 0.161 e. The summed E-state index contributed by atoms with van der Waals surface area (Å²) >= 11 is 3.36. The lowest BCUT2D eigenvalue weighted by Crippen LogP contribution is -2.03. The summed E-state index contributed by atoms with van der Waals surface area (Å²) in [5.74, 6) is 1.74. The Balaban J connectivity index is 2.43. The quantitative estimate of drug-likeness (QED) is 0.936. The van der Waals surface area contributed by atoms with Crippen molar-refractivity contribution in [3.05, 3.63) is 34.4 Å². The standard InChI is InChI=1S/C13H14BrN3O2/c1-18-7-10-11(14)12(15)17-13(16-10)8-3-5-9(19-2)6-4-8/h3-6H,7H2,1-2H3,(H2,15,16,17). The van der Waals surface area contributed by atoms with Gasteiger partial charge >= 0.3 is 0 Å². The van der Waals surface area contributed by atoms with E-state index in [1.165, 1.54) is 0 Å². The first-order valence-electron chi connectivity index (χ1n) is 5.61. The summed E-state index contributed by atoms with van der Waals surface area (Å²) in [6.07, 6.45) is 0. The third-order valence-electron chi connectivity index (χ3n) is 2.57. The van der Waals surface area contributed by atoms with Gasteiger partial charge in [0, 0.05) is 12.7 Å². The summed E-state index contributed by atoms with van der Waals surface area (Å²) in [7, 11) is 3.23. The van der Waals surface area contributed by atoms with Crippen LogP contribution in [0.1, 0.15) is 5.69 Å². The third kappa shape index (κ3) is 3.02. The second-order valence-electron chi connectivity index (χ2n) is 3.85. The topological polar surface area (TPSA) is 70.3 Å². The Hall–Kier alpha value is -1.66. The molecule has 19 heavy (non-hydrogen) atoms. The Morgan fingerprint density at radius 3 is 2.42 bits per heavy atom. The average molecular weight is 324 g/mol. The van der Waals surface area contributed by atoms with Crippen LogP contribution in [0.3, 0.4) is 0 Å². The Morgan fingerprint density at radius 2 is 1.84 bits per heavy atom. The number of rotatable bonds is 4. The molecule has 0 atom stereocenters. The van der Waals surface area contributed by atoms with Crippen molar-refractivity contribution in [2.24, 2.45) is 0 Å². The lowest BCUT2D eigenvalue weighted by atomic mass is 10.2. The highest BCUT2D eigenvalue weighted by molar-refractivity contribution is 9.10. The molecule has 0 aliphatic carbocycles. The molecule has 0 spiro atoms. The molecule has 5 nitrogen and oxygen atoms in total. The molecule has 0 aliphatic rings. The predicted octanol–water partition coefficient (Wildman–Crippen LogP) is 2.64. The number of hydrogen-bond acceptors (Lipinski definition) is 5. The number of benzene rings is 1. The first-order valence-corrected chi connectivity index (χ1v) is 6.40. The van der Waals surface area contributed by atoms with E-state index in [1.807, 2.05) is 24.3 Å². The van der Waals surface area contributed by atoms with Gasteiger partial charge in [-0.2, -0.15) is 0 Å². The fourth-order valence-electron chi connectivity index (χ4n) is 1.61. The van der Waals surface area contributed by atoms with Gasteiger partial charge < -0.3 is 15.2 Å². The minimum Gasteiger partial charge on any atom is -0.497 e. The highest BCUT2D eigenvalue weighted by atomic mass is 79.9. The van der Waals surface area contributed by atoms with Crippen molar-refractivity contribution in [1.29, 1.82) is 0 Å². The minimum atomic E-state index is 0.371. The van der Waals surface area contributed by atoms with Crippen LogP contribution in [0.5, 0.6) is 5.75 Å². The summed E-state index contributed by atoms with van der Waals surface area (Å²) in [6, 6.07) is 7.48. The molecule has 2 rings (SSSR count). The van der Waals surface area contributed by atoms with Gasteiger partial charge in [0.15, 0.2) is 5.82 Å². The van der Waals surface area contributed by atoms with Crippen LogP contribution < -0.4 is 10.5 Å². The third-order valence-corrected chi connectivity index (χ3v) is 3.44. The van der Waals surface area contributed by atoms with E-state index in [4.69, 9.17) is 15.2 Å². The molecule has 0 saturated carbocycles. The molecule has 0 bridgehead atoms. The van der Waals surface area contributed by atoms with E-state index < -0.39 is 0 Å². The Kier molecular flexibility index (Phi) is 4.34. The lowest BCUT2D eigenvalue weighted by molar-refractivity contribution is 0.181. The summed E-state index contributed by atoms with van der Waals surface area (Å²) in [6.45, 7) is 0.371. The summed E-state index contributed by atoms with van der Waals surface area (Å²) in [5, 5.41) is 0. The Labute approximate surface area is 119 Å². The van der Waals surface area contributed by atoms with E-state index in [0.29, 0.717) is 22.7 Å². The van der Waals surface area contributed by atoms with Gasteiger partial charge in [-0.1, -0.05) is 0 Å². The molecule has 6 heteroatoms. The molecule has 2 N–H and O–H groups in total. The van der Waals surface area contributed by atoms with Crippen molar-refractivity contribution in [3.8, 4) is 17.1 Å². The number of hydrogen-bond donors (Lipinski definition) is 1. The SMILES string of the molecule is COCc1nc(-c2ccc(OC)cc2)nc(N)c1Br. The Morgan fingerprint density at radius 1 is 1.16 bits per heavy atom. The zero-order valence-electron chi connectivity index (χ0n) is 10.7. The molecular weight excluding hydrogens is 310 g/mol. The highest BCUT2D eigenvalue weighted by Crippen LogP contribution is 2.26. The van der Waals surface area contributed by atoms with E-state index in [0.717, 1.165) is 17.0 Å². The minimum absolute atomic E-state index is 0.371. The number of anilines is 1. The summed E-state index contributed by atoms with van der Waals surface area (Å²) in [4.78, 5) is 8.71. The van der Waals surface area contributed by atoms with Gasteiger partial charge in [-0.15, -0.1) is 0 Å². The largest absolute Gasteiger partial charge is 0.497 e. The fourth-order valence-corrected chi connectivity index (χ4v) is 1.91. The second-order valence-corrected chi connectivity index (χ2v) is 4.65. The first kappa shape index (κ1) is 13.8. The number of aromatic nitrogens is 2. The average Bonchev–Trinajstić information content (AvgIpc) is 2.44. The molecule has 1 aromatic carbocycles. The van der Waals surface area contributed by atoms with E-state index >= 15 is 0 Å². The van der Waals surface area contributed by atoms with Crippen molar-refractivity contribution in [2.75, 3.05) is 20.0 Å². The number of ether oxygens (including phenoxy) is 2. The van der Waals surface area contributed by atoms with Gasteiger partial charge in [-0.25, -0.2) is 9.97 Å². The molecule has 0 radical (unpaired) electrons. The van der Waals surface area contributed by atoms with Crippen LogP contribution in [0.4, 0.5) is 5.82 Å². The molecule has 0 aliphatic heterocycles. The van der Waals surface area contributed by atoms with Crippen molar-refractivity contribution in [3.63, 3.8) is 0 Å². The summed E-state index contributed by atoms with van der Waals surface area (Å²) < 4.78 is 10.9. The first-order chi connectivity index (χ1) is 9.15. The van der Waals surface area contributed by atoms with Crippen LogP contribution in [0.25, 0.3) is 11.4 Å². The maximum absolute atomic E-state index is 5.87. The zero-order chi connectivity index (χ0) is 13.8. The number of nitrogens with two attached hydrogens (primary N) is 1. The predicted molar refractivity (Wildman–Crippen MR) is 76.8 cm³/mol.